The number of aromatic nitrogens is 2. The lowest BCUT2D eigenvalue weighted by molar-refractivity contribution is 0.0791. The molecular weight excluding hydrogens is 473 g/mol. The number of nitrogens with zero attached hydrogens (tertiary/aromatic N) is 5. The number of hydrogen-bond acceptors (Lipinski definition) is 7. The molecule has 0 aliphatic carbocycles. The van der Waals surface area contributed by atoms with Gasteiger partial charge in [0.1, 0.15) is 0 Å². The summed E-state index contributed by atoms with van der Waals surface area (Å²) < 4.78 is 26.1. The first-order valence-electron chi connectivity index (χ1n) is 12.4. The third kappa shape index (κ3) is 6.25. The molecule has 0 radical (unpaired) electrons. The maximum absolute atomic E-state index is 14.9. The normalized spacial score (nSPS) is 17.5. The molecule has 35 heavy (non-hydrogen) atoms. The molecule has 0 spiro atoms. The minimum absolute atomic E-state index is 0. The van der Waals surface area contributed by atoms with E-state index in [9.17, 15) is 9.18 Å². The summed E-state index contributed by atoms with van der Waals surface area (Å²) in [5.41, 5.74) is 0.792. The van der Waals surface area contributed by atoms with Crippen LogP contribution in [0.4, 0.5) is 10.4 Å². The second kappa shape index (κ2) is 12.0. The summed E-state index contributed by atoms with van der Waals surface area (Å²) in [6.45, 7) is 13.3. The van der Waals surface area contributed by atoms with Gasteiger partial charge in [-0.2, -0.15) is 4.98 Å². The van der Waals surface area contributed by atoms with Crippen molar-refractivity contribution < 1.29 is 18.4 Å². The van der Waals surface area contributed by atoms with Gasteiger partial charge in [0.2, 0.25) is 0 Å². The van der Waals surface area contributed by atoms with Crippen LogP contribution in [0.25, 0.3) is 0 Å². The molecule has 2 fully saturated rings. The van der Waals surface area contributed by atoms with Gasteiger partial charge in [-0.25, -0.2) is 4.39 Å². The highest BCUT2D eigenvalue weighted by atomic mass is 35.5. The monoisotopic (exact) mass is 509 g/mol. The van der Waals surface area contributed by atoms with E-state index in [1.54, 1.807) is 24.0 Å². The van der Waals surface area contributed by atoms with Gasteiger partial charge in [-0.05, 0) is 45.2 Å². The van der Waals surface area contributed by atoms with Crippen LogP contribution in [0.1, 0.15) is 67.7 Å². The lowest BCUT2D eigenvalue weighted by atomic mass is 10.1. The Bertz CT molecular complexity index is 987. The topological polar surface area (TPSA) is 74.9 Å². The van der Waals surface area contributed by atoms with Crippen LogP contribution in [-0.2, 0) is 0 Å². The van der Waals surface area contributed by atoms with Crippen LogP contribution in [0.15, 0.2) is 16.7 Å². The largest absolute Gasteiger partial charge is 0.490 e. The smallest absolute Gasteiger partial charge is 0.324 e. The molecule has 0 saturated carbocycles. The summed E-state index contributed by atoms with van der Waals surface area (Å²) >= 11 is 0. The fourth-order valence-corrected chi connectivity index (χ4v) is 4.56. The second-order valence-electron chi connectivity index (χ2n) is 9.65. The maximum atomic E-state index is 14.9. The molecule has 1 aromatic heterocycles. The van der Waals surface area contributed by atoms with E-state index < -0.39 is 5.82 Å². The highest BCUT2D eigenvalue weighted by Gasteiger charge is 2.26. The fraction of sp³-hybridized carbons (Fsp3) is 0.640. The zero-order valence-corrected chi connectivity index (χ0v) is 21.9. The van der Waals surface area contributed by atoms with Crippen LogP contribution in [0.2, 0.25) is 0 Å². The molecule has 1 unspecified atom stereocenters. The van der Waals surface area contributed by atoms with Gasteiger partial charge in [-0.3, -0.25) is 9.69 Å². The third-order valence-corrected chi connectivity index (χ3v) is 6.92. The number of amides is 1. The van der Waals surface area contributed by atoms with Crippen molar-refractivity contribution in [1.29, 1.82) is 0 Å². The number of hydrogen-bond donors (Lipinski definition) is 0. The third-order valence-electron chi connectivity index (χ3n) is 6.92. The molecule has 10 heteroatoms. The first-order valence-corrected chi connectivity index (χ1v) is 12.4. The zero-order chi connectivity index (χ0) is 24.2. The SMILES string of the molecule is Cc1c(C(=O)N2CCCC2)ccc(OCCC(C)N2CCN(c3nc(C(C)C)no3)CC2)c1F.Cl. The molecule has 8 nitrogen and oxygen atoms in total. The van der Waals surface area contributed by atoms with Crippen molar-refractivity contribution in [1.82, 2.24) is 19.9 Å². The van der Waals surface area contributed by atoms with E-state index in [-0.39, 0.29) is 30.0 Å². The Balaban J connectivity index is 0.00000342. The molecule has 3 heterocycles. The molecule has 2 aromatic rings. The number of carbonyl (C=O) groups excluding carboxylic acids is 1. The number of benzene rings is 1. The predicted molar refractivity (Wildman–Crippen MR) is 135 cm³/mol. The van der Waals surface area contributed by atoms with Gasteiger partial charge in [0, 0.05) is 62.4 Å². The standard InChI is InChI=1S/C25H36FN5O3.ClH/c1-17(2)23-27-25(34-28-23)31-14-12-29(13-15-31)18(3)9-16-33-21-8-7-20(19(4)22(21)26)24(32)30-10-5-6-11-30;/h7-8,17-18H,5-6,9-16H2,1-4H3;1H. The number of piperazine rings is 1. The summed E-state index contributed by atoms with van der Waals surface area (Å²) in [6, 6.07) is 4.18. The highest BCUT2D eigenvalue weighted by Crippen LogP contribution is 2.26. The fourth-order valence-electron chi connectivity index (χ4n) is 4.56. The maximum Gasteiger partial charge on any atom is 0.324 e. The van der Waals surface area contributed by atoms with Crippen molar-refractivity contribution >= 4 is 24.3 Å². The van der Waals surface area contributed by atoms with E-state index in [4.69, 9.17) is 9.26 Å². The molecule has 1 aromatic carbocycles. The molecule has 4 rings (SSSR count). The van der Waals surface area contributed by atoms with Crippen LogP contribution in [0.5, 0.6) is 5.75 Å². The number of carbonyl (C=O) groups is 1. The minimum atomic E-state index is -0.438. The van der Waals surface area contributed by atoms with Gasteiger partial charge in [0.15, 0.2) is 17.4 Å². The van der Waals surface area contributed by atoms with Crippen molar-refractivity contribution in [2.45, 2.75) is 58.9 Å². The number of rotatable bonds is 8. The Kier molecular flexibility index (Phi) is 9.35. The van der Waals surface area contributed by atoms with Gasteiger partial charge < -0.3 is 19.1 Å². The van der Waals surface area contributed by atoms with Crippen LogP contribution < -0.4 is 9.64 Å². The predicted octanol–water partition coefficient (Wildman–Crippen LogP) is 4.28. The molecule has 194 valence electrons. The first kappa shape index (κ1) is 27.2. The minimum Gasteiger partial charge on any atom is -0.490 e. The average Bonchev–Trinajstić information content (AvgIpc) is 3.54. The molecule has 2 saturated heterocycles. The number of ether oxygens (including phenoxy) is 1. The van der Waals surface area contributed by atoms with Crippen LogP contribution in [0, 0.1) is 12.7 Å². The van der Waals surface area contributed by atoms with E-state index in [0.717, 1.165) is 64.4 Å². The van der Waals surface area contributed by atoms with E-state index in [0.29, 0.717) is 29.8 Å². The average molecular weight is 510 g/mol. The Morgan fingerprint density at radius 1 is 1.11 bits per heavy atom. The molecule has 2 aliphatic heterocycles. The van der Waals surface area contributed by atoms with Gasteiger partial charge in [-0.15, -0.1) is 12.4 Å². The van der Waals surface area contributed by atoms with Gasteiger partial charge >= 0.3 is 6.01 Å². The second-order valence-corrected chi connectivity index (χ2v) is 9.65. The van der Waals surface area contributed by atoms with Gasteiger partial charge in [0.05, 0.1) is 6.61 Å². The molecule has 1 atom stereocenters. The summed E-state index contributed by atoms with van der Waals surface area (Å²) in [6.07, 6.45) is 2.81. The van der Waals surface area contributed by atoms with Crippen LogP contribution in [-0.4, -0.2) is 77.8 Å². The Morgan fingerprint density at radius 3 is 2.43 bits per heavy atom. The summed E-state index contributed by atoms with van der Waals surface area (Å²) in [4.78, 5) is 23.5. The lowest BCUT2D eigenvalue weighted by Gasteiger charge is -2.37. The van der Waals surface area contributed by atoms with E-state index >= 15 is 0 Å². The van der Waals surface area contributed by atoms with Gasteiger partial charge in [-0.1, -0.05) is 19.0 Å². The van der Waals surface area contributed by atoms with Crippen molar-refractivity contribution in [3.05, 3.63) is 34.9 Å². The van der Waals surface area contributed by atoms with Crippen LogP contribution >= 0.6 is 12.4 Å². The molecule has 0 bridgehead atoms. The Hall–Kier alpha value is -2.39. The quantitative estimate of drug-likeness (QED) is 0.525. The first-order chi connectivity index (χ1) is 16.3. The van der Waals surface area contributed by atoms with Crippen LogP contribution in [0.3, 0.4) is 0 Å². The van der Waals surface area contributed by atoms with Crippen molar-refractivity contribution in [2.24, 2.45) is 0 Å². The number of halogens is 2. The Morgan fingerprint density at radius 2 is 1.80 bits per heavy atom. The highest BCUT2D eigenvalue weighted by molar-refractivity contribution is 5.96. The van der Waals surface area contributed by atoms with E-state index in [1.807, 2.05) is 13.8 Å². The molecule has 0 N–H and O–H groups in total. The number of anilines is 1. The van der Waals surface area contributed by atoms with Crippen molar-refractivity contribution in [3.8, 4) is 5.75 Å². The van der Waals surface area contributed by atoms with E-state index in [2.05, 4.69) is 26.9 Å². The van der Waals surface area contributed by atoms with Gasteiger partial charge in [0.25, 0.3) is 5.91 Å². The van der Waals surface area contributed by atoms with Crippen molar-refractivity contribution in [2.75, 3.05) is 50.8 Å². The van der Waals surface area contributed by atoms with Crippen molar-refractivity contribution in [3.63, 3.8) is 0 Å². The number of likely N-dealkylation sites (tertiary alicyclic amines) is 1. The summed E-state index contributed by atoms with van der Waals surface area (Å²) in [5, 5.41) is 4.05. The molecular formula is C25H37ClFN5O3. The lowest BCUT2D eigenvalue weighted by Crippen LogP contribution is -2.50. The Labute approximate surface area is 213 Å². The van der Waals surface area contributed by atoms with E-state index in [1.165, 1.54) is 0 Å². The molecule has 1 amide bonds. The zero-order valence-electron chi connectivity index (χ0n) is 21.1. The molecule has 2 aliphatic rings. The summed E-state index contributed by atoms with van der Waals surface area (Å²) in [7, 11) is 0. The summed E-state index contributed by atoms with van der Waals surface area (Å²) in [5.74, 6) is 0.665.